The van der Waals surface area contributed by atoms with Gasteiger partial charge in [0, 0.05) is 11.9 Å². The summed E-state index contributed by atoms with van der Waals surface area (Å²) in [6.45, 7) is 3.69. The first-order chi connectivity index (χ1) is 9.51. The van der Waals surface area contributed by atoms with Crippen LogP contribution in [0.15, 0.2) is 24.4 Å². The number of amides is 1. The molecule has 0 radical (unpaired) electrons. The Labute approximate surface area is 115 Å². The molecule has 6 nitrogen and oxygen atoms in total. The summed E-state index contributed by atoms with van der Waals surface area (Å²) in [6, 6.07) is 4.85. The van der Waals surface area contributed by atoms with Crippen molar-refractivity contribution in [2.75, 3.05) is 10.7 Å². The molecule has 104 valence electrons. The predicted octanol–water partition coefficient (Wildman–Crippen LogP) is 1.77. The topological polar surface area (TPSA) is 92.9 Å². The Morgan fingerprint density at radius 3 is 2.75 bits per heavy atom. The number of anilines is 2. The number of nitrogens with zero attached hydrogens (tertiary/aromatic N) is 2. The van der Waals surface area contributed by atoms with Gasteiger partial charge in [-0.15, -0.1) is 0 Å². The summed E-state index contributed by atoms with van der Waals surface area (Å²) in [6.07, 6.45) is 1.29. The predicted molar refractivity (Wildman–Crippen MR) is 73.7 cm³/mol. The van der Waals surface area contributed by atoms with Crippen LogP contribution in [0.2, 0.25) is 0 Å². The van der Waals surface area contributed by atoms with Crippen LogP contribution in [0, 0.1) is 19.7 Å². The molecule has 4 N–H and O–H groups in total. The number of carbonyl (C=O) groups excluding carboxylic acids is 1. The molecule has 0 aliphatic carbocycles. The molecule has 0 atom stereocenters. The second-order valence-corrected chi connectivity index (χ2v) is 4.29. The van der Waals surface area contributed by atoms with Crippen molar-refractivity contribution in [1.82, 2.24) is 9.97 Å². The number of hydrazine groups is 1. The van der Waals surface area contributed by atoms with Gasteiger partial charge < -0.3 is 10.7 Å². The quantitative estimate of drug-likeness (QED) is 0.586. The third-order valence-corrected chi connectivity index (χ3v) is 2.61. The fraction of sp³-hybridized carbons (Fsp3) is 0.154. The van der Waals surface area contributed by atoms with Gasteiger partial charge in [0.05, 0.1) is 5.56 Å². The maximum Gasteiger partial charge on any atom is 0.259 e. The number of hydrogen-bond acceptors (Lipinski definition) is 5. The number of carbonyl (C=O) groups is 1. The van der Waals surface area contributed by atoms with Crippen LogP contribution in [0.25, 0.3) is 0 Å². The van der Waals surface area contributed by atoms with Crippen molar-refractivity contribution in [2.24, 2.45) is 5.84 Å². The molecule has 0 saturated carbocycles. The Morgan fingerprint density at radius 2 is 2.10 bits per heavy atom. The lowest BCUT2D eigenvalue weighted by molar-refractivity contribution is 0.102. The van der Waals surface area contributed by atoms with E-state index in [0.717, 1.165) is 11.3 Å². The number of aromatic nitrogens is 2. The van der Waals surface area contributed by atoms with Crippen LogP contribution in [-0.2, 0) is 0 Å². The standard InChI is InChI=1S/C13H14FN5O/c1-7-5-8(2)17-10(6-7)18-13(20)9-3-4-16-12(19-15)11(9)14/h3-6H,15H2,1-2H3,(H,16,19)(H,17,18,20). The Kier molecular flexibility index (Phi) is 3.90. The van der Waals surface area contributed by atoms with Crippen molar-refractivity contribution in [3.05, 3.63) is 47.0 Å². The second kappa shape index (κ2) is 5.62. The van der Waals surface area contributed by atoms with E-state index in [-0.39, 0.29) is 11.4 Å². The van der Waals surface area contributed by atoms with Crippen molar-refractivity contribution < 1.29 is 9.18 Å². The lowest BCUT2D eigenvalue weighted by Gasteiger charge is -2.08. The monoisotopic (exact) mass is 275 g/mol. The van der Waals surface area contributed by atoms with E-state index in [4.69, 9.17) is 5.84 Å². The highest BCUT2D eigenvalue weighted by molar-refractivity contribution is 6.04. The molecular formula is C13H14FN5O. The molecule has 20 heavy (non-hydrogen) atoms. The third-order valence-electron chi connectivity index (χ3n) is 2.61. The number of nitrogen functional groups attached to an aromatic ring is 1. The number of aryl methyl sites for hydroxylation is 2. The number of rotatable bonds is 3. The lowest BCUT2D eigenvalue weighted by atomic mass is 10.2. The van der Waals surface area contributed by atoms with E-state index in [1.165, 1.54) is 12.3 Å². The van der Waals surface area contributed by atoms with Gasteiger partial charge in [-0.05, 0) is 37.6 Å². The smallest absolute Gasteiger partial charge is 0.259 e. The largest absolute Gasteiger partial charge is 0.306 e. The van der Waals surface area contributed by atoms with Crippen molar-refractivity contribution in [1.29, 1.82) is 0 Å². The number of nitrogens with one attached hydrogen (secondary N) is 2. The molecule has 0 fully saturated rings. The van der Waals surface area contributed by atoms with Gasteiger partial charge in [0.2, 0.25) is 0 Å². The molecule has 2 aromatic rings. The number of nitrogens with two attached hydrogens (primary N) is 1. The van der Waals surface area contributed by atoms with Crippen molar-refractivity contribution >= 4 is 17.5 Å². The maximum atomic E-state index is 13.9. The Hall–Kier alpha value is -2.54. The number of pyridine rings is 2. The molecule has 0 bridgehead atoms. The highest BCUT2D eigenvalue weighted by atomic mass is 19.1. The minimum absolute atomic E-state index is 0.158. The van der Waals surface area contributed by atoms with Gasteiger partial charge in [-0.25, -0.2) is 20.2 Å². The molecule has 0 aliphatic rings. The molecule has 1 amide bonds. The van der Waals surface area contributed by atoms with E-state index in [0.29, 0.717) is 5.82 Å². The van der Waals surface area contributed by atoms with Crippen LogP contribution < -0.4 is 16.6 Å². The molecule has 0 aliphatic heterocycles. The molecular weight excluding hydrogens is 261 g/mol. The summed E-state index contributed by atoms with van der Waals surface area (Å²) < 4.78 is 13.9. The van der Waals surface area contributed by atoms with E-state index in [1.807, 2.05) is 19.9 Å². The number of halogens is 1. The molecule has 2 aromatic heterocycles. The Morgan fingerprint density at radius 1 is 1.35 bits per heavy atom. The lowest BCUT2D eigenvalue weighted by Crippen LogP contribution is -2.18. The second-order valence-electron chi connectivity index (χ2n) is 4.29. The van der Waals surface area contributed by atoms with Gasteiger partial charge in [-0.3, -0.25) is 4.79 Å². The van der Waals surface area contributed by atoms with Crippen molar-refractivity contribution in [3.8, 4) is 0 Å². The van der Waals surface area contributed by atoms with Crippen LogP contribution in [0.3, 0.4) is 0 Å². The van der Waals surface area contributed by atoms with E-state index in [2.05, 4.69) is 20.7 Å². The summed E-state index contributed by atoms with van der Waals surface area (Å²) in [5.74, 6) is 3.87. The molecule has 0 unspecified atom stereocenters. The van der Waals surface area contributed by atoms with Crippen LogP contribution >= 0.6 is 0 Å². The summed E-state index contributed by atoms with van der Waals surface area (Å²) in [7, 11) is 0. The fourth-order valence-electron chi connectivity index (χ4n) is 1.81. The van der Waals surface area contributed by atoms with Crippen LogP contribution in [0.5, 0.6) is 0 Å². The highest BCUT2D eigenvalue weighted by Gasteiger charge is 2.16. The average molecular weight is 275 g/mol. The minimum Gasteiger partial charge on any atom is -0.306 e. The summed E-state index contributed by atoms with van der Waals surface area (Å²) in [4.78, 5) is 19.9. The van der Waals surface area contributed by atoms with Gasteiger partial charge >= 0.3 is 0 Å². The molecule has 2 heterocycles. The average Bonchev–Trinajstić information content (AvgIpc) is 2.37. The van der Waals surface area contributed by atoms with E-state index < -0.39 is 11.7 Å². The molecule has 2 rings (SSSR count). The van der Waals surface area contributed by atoms with Crippen LogP contribution in [-0.4, -0.2) is 15.9 Å². The van der Waals surface area contributed by atoms with Gasteiger partial charge in [0.25, 0.3) is 5.91 Å². The van der Waals surface area contributed by atoms with Crippen molar-refractivity contribution in [2.45, 2.75) is 13.8 Å². The van der Waals surface area contributed by atoms with E-state index in [9.17, 15) is 9.18 Å². The fourth-order valence-corrected chi connectivity index (χ4v) is 1.81. The van der Waals surface area contributed by atoms with E-state index in [1.54, 1.807) is 6.07 Å². The van der Waals surface area contributed by atoms with Gasteiger partial charge in [0.15, 0.2) is 11.6 Å². The SMILES string of the molecule is Cc1cc(C)nc(NC(=O)c2ccnc(NN)c2F)c1. The zero-order chi connectivity index (χ0) is 14.7. The zero-order valence-electron chi connectivity index (χ0n) is 11.1. The summed E-state index contributed by atoms with van der Waals surface area (Å²) in [5, 5.41) is 2.55. The van der Waals surface area contributed by atoms with Gasteiger partial charge in [-0.1, -0.05) is 0 Å². The Bertz CT molecular complexity index is 639. The van der Waals surface area contributed by atoms with Crippen LogP contribution in [0.1, 0.15) is 21.6 Å². The first-order valence-corrected chi connectivity index (χ1v) is 5.89. The van der Waals surface area contributed by atoms with Gasteiger partial charge in [0.1, 0.15) is 5.82 Å². The van der Waals surface area contributed by atoms with Gasteiger partial charge in [-0.2, -0.15) is 0 Å². The van der Waals surface area contributed by atoms with Crippen LogP contribution in [0.4, 0.5) is 16.0 Å². The third kappa shape index (κ3) is 2.89. The zero-order valence-corrected chi connectivity index (χ0v) is 11.1. The maximum absolute atomic E-state index is 13.9. The number of hydrogen-bond donors (Lipinski definition) is 3. The molecule has 0 spiro atoms. The van der Waals surface area contributed by atoms with E-state index >= 15 is 0 Å². The summed E-state index contributed by atoms with van der Waals surface area (Å²) in [5.41, 5.74) is 3.65. The normalized spacial score (nSPS) is 10.2. The molecule has 7 heteroatoms. The van der Waals surface area contributed by atoms with Crippen molar-refractivity contribution in [3.63, 3.8) is 0 Å². The molecule has 0 aromatic carbocycles. The first kappa shape index (κ1) is 13.9. The molecule has 0 saturated heterocycles. The Balaban J connectivity index is 2.28. The first-order valence-electron chi connectivity index (χ1n) is 5.89. The summed E-state index contributed by atoms with van der Waals surface area (Å²) >= 11 is 0. The highest BCUT2D eigenvalue weighted by Crippen LogP contribution is 2.16. The minimum atomic E-state index is -0.808.